The summed E-state index contributed by atoms with van der Waals surface area (Å²) in [4.78, 5) is 6.60. The maximum atomic E-state index is 5.29. The van der Waals surface area contributed by atoms with E-state index < -0.39 is 0 Å². The van der Waals surface area contributed by atoms with E-state index in [1.54, 1.807) is 7.11 Å². The van der Waals surface area contributed by atoms with Gasteiger partial charge in [0.25, 0.3) is 0 Å². The topological polar surface area (TPSA) is 40.8 Å². The summed E-state index contributed by atoms with van der Waals surface area (Å²) < 4.78 is 5.29. The van der Waals surface area contributed by atoms with Crippen LogP contribution in [0.15, 0.2) is 48.8 Å². The third-order valence-electron chi connectivity index (χ3n) is 5.13. The third-order valence-corrected chi connectivity index (χ3v) is 5.13. The summed E-state index contributed by atoms with van der Waals surface area (Å²) in [6, 6.07) is 12.6. The van der Waals surface area contributed by atoms with E-state index in [1.807, 2.05) is 12.1 Å². The van der Waals surface area contributed by atoms with Gasteiger partial charge in [-0.15, -0.1) is 0 Å². The van der Waals surface area contributed by atoms with Gasteiger partial charge in [0.15, 0.2) is 0 Å². The lowest BCUT2D eigenvalue weighted by Gasteiger charge is -2.04. The number of benzene rings is 2. The molecule has 2 aromatic carbocycles. The van der Waals surface area contributed by atoms with E-state index in [9.17, 15) is 0 Å². The molecular formula is C24H34N2O. The zero-order valence-corrected chi connectivity index (χ0v) is 17.2. The van der Waals surface area contributed by atoms with Crippen molar-refractivity contribution in [2.24, 2.45) is 0 Å². The van der Waals surface area contributed by atoms with Gasteiger partial charge in [-0.25, -0.2) is 0 Å². The Labute approximate surface area is 164 Å². The quantitative estimate of drug-likeness (QED) is 0.390. The Kier molecular flexibility index (Phi) is 5.59. The smallest absolute Gasteiger partial charge is 0.142 e. The van der Waals surface area contributed by atoms with Crippen LogP contribution in [0.5, 0.6) is 5.75 Å². The molecule has 0 aliphatic rings. The fourth-order valence-electron chi connectivity index (χ4n) is 3.60. The predicted molar refractivity (Wildman–Crippen MR) is 120 cm³/mol. The number of nitrogens with one attached hydrogen (secondary N) is 2. The molecule has 0 spiro atoms. The van der Waals surface area contributed by atoms with Crippen LogP contribution in [0.4, 0.5) is 0 Å². The highest BCUT2D eigenvalue weighted by Crippen LogP contribution is 2.30. The standard InChI is InChI=1S/C12H15NO.C12H15N.2H2/c1-8(2)10-7-13-12-9(10)5-4-6-11(12)14-3;1-8(2)11-7-13-12-9(3)5-4-6-10(11)12;;/h4-8,13H,1-3H3;4-8,13H,1-3H3;2*1H. The van der Waals surface area contributed by atoms with E-state index in [0.29, 0.717) is 11.8 Å². The second-order valence-corrected chi connectivity index (χ2v) is 7.68. The van der Waals surface area contributed by atoms with Crippen molar-refractivity contribution in [3.63, 3.8) is 0 Å². The van der Waals surface area contributed by atoms with Crippen molar-refractivity contribution in [1.82, 2.24) is 9.97 Å². The number of aromatic nitrogens is 2. The minimum atomic E-state index is 0. The van der Waals surface area contributed by atoms with Gasteiger partial charge in [0.1, 0.15) is 5.75 Å². The molecule has 0 bridgehead atoms. The molecule has 2 heterocycles. The Balaban J connectivity index is 0.000000272. The Morgan fingerprint density at radius 3 is 1.85 bits per heavy atom. The van der Waals surface area contributed by atoms with Crippen LogP contribution < -0.4 is 4.74 Å². The van der Waals surface area contributed by atoms with E-state index in [-0.39, 0.29) is 2.85 Å². The molecule has 0 unspecified atom stereocenters. The summed E-state index contributed by atoms with van der Waals surface area (Å²) in [6.45, 7) is 11.0. The number of rotatable bonds is 3. The Morgan fingerprint density at radius 2 is 1.30 bits per heavy atom. The third kappa shape index (κ3) is 3.73. The van der Waals surface area contributed by atoms with Crippen molar-refractivity contribution >= 4 is 21.8 Å². The van der Waals surface area contributed by atoms with Gasteiger partial charge in [-0.2, -0.15) is 0 Å². The molecule has 2 N–H and O–H groups in total. The average Bonchev–Trinajstić information content (AvgIpc) is 3.27. The number of fused-ring (bicyclic) bond motifs is 2. The van der Waals surface area contributed by atoms with Crippen LogP contribution in [0.2, 0.25) is 0 Å². The van der Waals surface area contributed by atoms with Crippen LogP contribution in [0, 0.1) is 6.92 Å². The van der Waals surface area contributed by atoms with Gasteiger partial charge in [0.05, 0.1) is 12.6 Å². The summed E-state index contributed by atoms with van der Waals surface area (Å²) >= 11 is 0. The van der Waals surface area contributed by atoms with Gasteiger partial charge in [-0.1, -0.05) is 58.0 Å². The second-order valence-electron chi connectivity index (χ2n) is 7.68. The summed E-state index contributed by atoms with van der Waals surface area (Å²) in [5, 5.41) is 2.63. The highest BCUT2D eigenvalue weighted by Gasteiger charge is 2.09. The lowest BCUT2D eigenvalue weighted by molar-refractivity contribution is 0.419. The van der Waals surface area contributed by atoms with Crippen molar-refractivity contribution in [2.45, 2.75) is 46.5 Å². The van der Waals surface area contributed by atoms with E-state index in [2.05, 4.69) is 81.2 Å². The minimum absolute atomic E-state index is 0. The number of H-pyrrole nitrogens is 2. The molecular weight excluding hydrogens is 332 g/mol. The van der Waals surface area contributed by atoms with Crippen molar-refractivity contribution in [3.8, 4) is 5.75 Å². The lowest BCUT2D eigenvalue weighted by atomic mass is 10.0. The molecule has 0 amide bonds. The molecule has 0 saturated heterocycles. The van der Waals surface area contributed by atoms with Gasteiger partial charge in [-0.3, -0.25) is 0 Å². The number of hydrogen-bond acceptors (Lipinski definition) is 1. The summed E-state index contributed by atoms with van der Waals surface area (Å²) in [7, 11) is 1.70. The first-order chi connectivity index (χ1) is 12.9. The Hall–Kier alpha value is -2.68. The maximum Gasteiger partial charge on any atom is 0.142 e. The fourth-order valence-corrected chi connectivity index (χ4v) is 3.60. The SMILES string of the molecule is COc1cccc2c(C(C)C)c[nH]c12.Cc1cccc2c(C(C)C)c[nH]c12.[HH].[HH]. The minimum Gasteiger partial charge on any atom is -0.495 e. The second kappa shape index (κ2) is 7.91. The van der Waals surface area contributed by atoms with Gasteiger partial charge in [0.2, 0.25) is 0 Å². The molecule has 0 atom stereocenters. The van der Waals surface area contributed by atoms with Crippen molar-refractivity contribution in [3.05, 3.63) is 65.5 Å². The Bertz CT molecular complexity index is 1050. The van der Waals surface area contributed by atoms with Crippen molar-refractivity contribution in [1.29, 1.82) is 0 Å². The van der Waals surface area contributed by atoms with Crippen LogP contribution in [-0.2, 0) is 0 Å². The van der Waals surface area contributed by atoms with Gasteiger partial charge < -0.3 is 14.7 Å². The summed E-state index contributed by atoms with van der Waals surface area (Å²) in [6.07, 6.45) is 4.19. The zero-order valence-electron chi connectivity index (χ0n) is 17.2. The molecule has 2 aromatic heterocycles. The van der Waals surface area contributed by atoms with Gasteiger partial charge in [-0.05, 0) is 41.5 Å². The summed E-state index contributed by atoms with van der Waals surface area (Å²) in [5.74, 6) is 2.04. The zero-order chi connectivity index (χ0) is 19.6. The van der Waals surface area contributed by atoms with Crippen LogP contribution in [0.1, 0.15) is 59.1 Å². The van der Waals surface area contributed by atoms with E-state index in [0.717, 1.165) is 11.3 Å². The Morgan fingerprint density at radius 1 is 0.778 bits per heavy atom. The average molecular weight is 367 g/mol. The normalized spacial score (nSPS) is 11.3. The molecule has 0 aliphatic carbocycles. The molecule has 146 valence electrons. The number of hydrogen-bond donors (Lipinski definition) is 2. The highest BCUT2D eigenvalue weighted by molar-refractivity contribution is 5.88. The van der Waals surface area contributed by atoms with Crippen LogP contribution in [-0.4, -0.2) is 17.1 Å². The van der Waals surface area contributed by atoms with Gasteiger partial charge >= 0.3 is 0 Å². The molecule has 3 nitrogen and oxygen atoms in total. The fraction of sp³-hybridized carbons (Fsp3) is 0.333. The number of aromatic amines is 2. The largest absolute Gasteiger partial charge is 0.495 e. The number of ether oxygens (including phenoxy) is 1. The molecule has 4 aromatic rings. The molecule has 27 heavy (non-hydrogen) atoms. The molecule has 4 rings (SSSR count). The van der Waals surface area contributed by atoms with E-state index in [4.69, 9.17) is 4.74 Å². The number of para-hydroxylation sites is 2. The summed E-state index contributed by atoms with van der Waals surface area (Å²) in [5.41, 5.74) is 6.46. The van der Waals surface area contributed by atoms with Crippen LogP contribution in [0.25, 0.3) is 21.8 Å². The molecule has 0 aliphatic heterocycles. The molecule has 0 radical (unpaired) electrons. The van der Waals surface area contributed by atoms with E-state index >= 15 is 0 Å². The van der Waals surface area contributed by atoms with Gasteiger partial charge in [0, 0.05) is 31.5 Å². The highest BCUT2D eigenvalue weighted by atomic mass is 16.5. The maximum absolute atomic E-state index is 5.29. The molecule has 0 saturated carbocycles. The first-order valence-corrected chi connectivity index (χ1v) is 9.64. The van der Waals surface area contributed by atoms with E-state index in [1.165, 1.54) is 33.0 Å². The number of aryl methyl sites for hydroxylation is 1. The van der Waals surface area contributed by atoms with Crippen molar-refractivity contribution in [2.75, 3.05) is 7.11 Å². The molecule has 3 heteroatoms. The number of methoxy groups -OCH3 is 1. The molecule has 0 fully saturated rings. The monoisotopic (exact) mass is 366 g/mol. The predicted octanol–water partition coefficient (Wildman–Crippen LogP) is 7.39. The van der Waals surface area contributed by atoms with Crippen molar-refractivity contribution < 1.29 is 7.59 Å². The van der Waals surface area contributed by atoms with Crippen LogP contribution in [0.3, 0.4) is 0 Å². The first-order valence-electron chi connectivity index (χ1n) is 9.64. The van der Waals surface area contributed by atoms with Crippen LogP contribution >= 0.6 is 0 Å². The lowest BCUT2D eigenvalue weighted by Crippen LogP contribution is -1.85. The first kappa shape index (κ1) is 19.1.